The van der Waals surface area contributed by atoms with Crippen LogP contribution < -0.4 is 16.0 Å². The van der Waals surface area contributed by atoms with Gasteiger partial charge in [-0.15, -0.1) is 0 Å². The molecule has 2 heterocycles. The third-order valence-corrected chi connectivity index (χ3v) is 7.53. The van der Waals surface area contributed by atoms with Crippen molar-refractivity contribution in [1.82, 2.24) is 4.31 Å². The van der Waals surface area contributed by atoms with E-state index < -0.39 is 10.0 Å². The normalized spacial score (nSPS) is 19.2. The molecule has 9 nitrogen and oxygen atoms in total. The summed E-state index contributed by atoms with van der Waals surface area (Å²) >= 11 is 0. The summed E-state index contributed by atoms with van der Waals surface area (Å²) in [4.78, 5) is 12.6. The predicted molar refractivity (Wildman–Crippen MR) is 127 cm³/mol. The van der Waals surface area contributed by atoms with Crippen molar-refractivity contribution in [1.29, 1.82) is 0 Å². The van der Waals surface area contributed by atoms with Crippen LogP contribution in [0.5, 0.6) is 0 Å². The highest BCUT2D eigenvalue weighted by atomic mass is 32.2. The number of para-hydroxylation sites is 1. The number of rotatable bonds is 9. The van der Waals surface area contributed by atoms with Crippen molar-refractivity contribution in [3.8, 4) is 0 Å². The molecular weight excluding hydrogens is 444 g/mol. The molecule has 1 atom stereocenters. The van der Waals surface area contributed by atoms with Crippen LogP contribution >= 0.6 is 0 Å². The zero-order chi connectivity index (χ0) is 23.1. The van der Waals surface area contributed by atoms with Crippen molar-refractivity contribution in [3.63, 3.8) is 0 Å². The molecule has 0 aromatic heterocycles. The molecule has 0 unspecified atom stereocenters. The first-order valence-electron chi connectivity index (χ1n) is 11.2. The minimum Gasteiger partial charge on any atom is -0.381 e. The lowest BCUT2D eigenvalue weighted by Gasteiger charge is -2.26. The van der Waals surface area contributed by atoms with Gasteiger partial charge in [-0.05, 0) is 43.2 Å². The van der Waals surface area contributed by atoms with Crippen molar-refractivity contribution >= 4 is 33.0 Å². The van der Waals surface area contributed by atoms with Crippen molar-refractivity contribution in [3.05, 3.63) is 48.5 Å². The number of hydrogen-bond donors (Lipinski definition) is 3. The Hall–Kier alpha value is -2.66. The number of carbonyl (C=O) groups is 1. The van der Waals surface area contributed by atoms with Gasteiger partial charge in [0, 0.05) is 31.9 Å². The fourth-order valence-electron chi connectivity index (χ4n) is 3.85. The van der Waals surface area contributed by atoms with Gasteiger partial charge in [0.1, 0.15) is 0 Å². The van der Waals surface area contributed by atoms with E-state index in [0.717, 1.165) is 25.1 Å². The van der Waals surface area contributed by atoms with Crippen LogP contribution in [0.25, 0.3) is 0 Å². The molecule has 2 aromatic rings. The lowest BCUT2D eigenvalue weighted by atomic mass is 10.2. The molecule has 0 saturated carbocycles. The summed E-state index contributed by atoms with van der Waals surface area (Å²) in [7, 11) is -3.66. The minimum absolute atomic E-state index is 0.00937. The van der Waals surface area contributed by atoms with Crippen LogP contribution in [-0.4, -0.2) is 70.7 Å². The molecule has 0 radical (unpaired) electrons. The Labute approximate surface area is 194 Å². The summed E-state index contributed by atoms with van der Waals surface area (Å²) in [5, 5.41) is 9.26. The summed E-state index contributed by atoms with van der Waals surface area (Å²) in [5.41, 5.74) is 1.97. The largest absolute Gasteiger partial charge is 0.381 e. The van der Waals surface area contributed by atoms with Gasteiger partial charge >= 0.3 is 0 Å². The van der Waals surface area contributed by atoms with Gasteiger partial charge in [0.15, 0.2) is 0 Å². The van der Waals surface area contributed by atoms with E-state index >= 15 is 0 Å². The molecular formula is C23H30N4O5S. The maximum absolute atomic E-state index is 13.1. The maximum atomic E-state index is 13.1. The summed E-state index contributed by atoms with van der Waals surface area (Å²) in [6, 6.07) is 14.1. The zero-order valence-electron chi connectivity index (χ0n) is 18.5. The highest BCUT2D eigenvalue weighted by Crippen LogP contribution is 2.28. The van der Waals surface area contributed by atoms with Gasteiger partial charge in [0.05, 0.1) is 42.1 Å². The number of morpholine rings is 1. The van der Waals surface area contributed by atoms with Gasteiger partial charge in [-0.2, -0.15) is 4.31 Å². The molecule has 4 rings (SSSR count). The van der Waals surface area contributed by atoms with Gasteiger partial charge in [-0.1, -0.05) is 18.2 Å². The minimum atomic E-state index is -3.66. The molecule has 2 saturated heterocycles. The monoisotopic (exact) mass is 474 g/mol. The molecule has 1 amide bonds. The number of hydrogen-bond acceptors (Lipinski definition) is 7. The second kappa shape index (κ2) is 11.0. The number of anilines is 3. The first kappa shape index (κ1) is 23.5. The molecule has 2 aliphatic heterocycles. The summed E-state index contributed by atoms with van der Waals surface area (Å²) in [5.74, 6) is -0.229. The number of sulfonamides is 1. The van der Waals surface area contributed by atoms with Gasteiger partial charge in [-0.25, -0.2) is 8.42 Å². The number of nitrogens with one attached hydrogen (secondary N) is 3. The fourth-order valence-corrected chi connectivity index (χ4v) is 5.29. The van der Waals surface area contributed by atoms with Gasteiger partial charge in [0.25, 0.3) is 0 Å². The standard InChI is InChI=1S/C23H30N4O5S/c28-23(26-18-5-2-1-3-6-18)17-25-22-15-20(33(29,30)27-10-13-31-14-11-27)8-9-21(22)24-16-19-7-4-12-32-19/h1-3,5-6,8-9,15,19,24-25H,4,7,10-14,16-17H2,(H,26,28)/t19-/m1/s1. The van der Waals surface area contributed by atoms with Gasteiger partial charge < -0.3 is 25.4 Å². The molecule has 0 aliphatic carbocycles. The summed E-state index contributed by atoms with van der Waals surface area (Å²) < 4.78 is 38.6. The Bertz CT molecular complexity index is 1040. The Balaban J connectivity index is 1.49. The summed E-state index contributed by atoms with van der Waals surface area (Å²) in [6.45, 7) is 2.77. The lowest BCUT2D eigenvalue weighted by molar-refractivity contribution is -0.114. The number of carbonyl (C=O) groups excluding carboxylic acids is 1. The quantitative estimate of drug-likeness (QED) is 0.512. The smallest absolute Gasteiger partial charge is 0.243 e. The Morgan fingerprint density at radius 1 is 1.00 bits per heavy atom. The van der Waals surface area contributed by atoms with E-state index in [1.165, 1.54) is 4.31 Å². The Morgan fingerprint density at radius 3 is 2.52 bits per heavy atom. The van der Waals surface area contributed by atoms with E-state index in [1.807, 2.05) is 30.3 Å². The second-order valence-corrected chi connectivity index (χ2v) is 9.95. The molecule has 33 heavy (non-hydrogen) atoms. The third-order valence-electron chi connectivity index (χ3n) is 5.64. The average Bonchev–Trinajstić information content (AvgIpc) is 3.36. The van der Waals surface area contributed by atoms with E-state index in [2.05, 4.69) is 16.0 Å². The van der Waals surface area contributed by atoms with Crippen LogP contribution in [0.1, 0.15) is 12.8 Å². The van der Waals surface area contributed by atoms with E-state index in [-0.39, 0.29) is 23.5 Å². The van der Waals surface area contributed by atoms with Crippen LogP contribution in [-0.2, 0) is 24.3 Å². The number of benzene rings is 2. The molecule has 2 fully saturated rings. The van der Waals surface area contributed by atoms with Gasteiger partial charge in [-0.3, -0.25) is 4.79 Å². The number of nitrogens with zero attached hydrogens (tertiary/aromatic N) is 1. The van der Waals surface area contributed by atoms with Crippen molar-refractivity contribution in [2.45, 2.75) is 23.8 Å². The van der Waals surface area contributed by atoms with Crippen LogP contribution in [0.15, 0.2) is 53.4 Å². The zero-order valence-corrected chi connectivity index (χ0v) is 19.3. The van der Waals surface area contributed by atoms with E-state index in [0.29, 0.717) is 44.2 Å². The van der Waals surface area contributed by atoms with Crippen LogP contribution in [0.4, 0.5) is 17.1 Å². The van der Waals surface area contributed by atoms with Crippen LogP contribution in [0.3, 0.4) is 0 Å². The number of ether oxygens (including phenoxy) is 2. The van der Waals surface area contributed by atoms with Crippen molar-refractivity contribution < 1.29 is 22.7 Å². The van der Waals surface area contributed by atoms with Crippen LogP contribution in [0, 0.1) is 0 Å². The second-order valence-electron chi connectivity index (χ2n) is 8.01. The lowest BCUT2D eigenvalue weighted by Crippen LogP contribution is -2.40. The molecule has 10 heteroatoms. The molecule has 178 valence electrons. The first-order valence-corrected chi connectivity index (χ1v) is 12.6. The molecule has 2 aromatic carbocycles. The maximum Gasteiger partial charge on any atom is 0.243 e. The molecule has 2 aliphatic rings. The highest BCUT2D eigenvalue weighted by Gasteiger charge is 2.27. The SMILES string of the molecule is O=C(CNc1cc(S(=O)(=O)N2CCOCC2)ccc1NC[C@H]1CCCO1)Nc1ccccc1. The Kier molecular flexibility index (Phi) is 7.81. The number of amides is 1. The Morgan fingerprint density at radius 2 is 1.79 bits per heavy atom. The van der Waals surface area contributed by atoms with E-state index in [4.69, 9.17) is 9.47 Å². The highest BCUT2D eigenvalue weighted by molar-refractivity contribution is 7.89. The average molecular weight is 475 g/mol. The molecule has 0 spiro atoms. The van der Waals surface area contributed by atoms with Crippen LogP contribution in [0.2, 0.25) is 0 Å². The summed E-state index contributed by atoms with van der Waals surface area (Å²) in [6.07, 6.45) is 2.14. The predicted octanol–water partition coefficient (Wildman–Crippen LogP) is 2.35. The third kappa shape index (κ3) is 6.23. The van der Waals surface area contributed by atoms with E-state index in [9.17, 15) is 13.2 Å². The first-order chi connectivity index (χ1) is 16.0. The fraction of sp³-hybridized carbons (Fsp3) is 0.435. The van der Waals surface area contributed by atoms with Gasteiger partial charge in [0.2, 0.25) is 15.9 Å². The molecule has 0 bridgehead atoms. The molecule has 3 N–H and O–H groups in total. The van der Waals surface area contributed by atoms with Crippen molar-refractivity contribution in [2.24, 2.45) is 0 Å². The van der Waals surface area contributed by atoms with Crippen molar-refractivity contribution in [2.75, 3.05) is 62.0 Å². The topological polar surface area (TPSA) is 109 Å². The van der Waals surface area contributed by atoms with E-state index in [1.54, 1.807) is 18.2 Å².